The van der Waals surface area contributed by atoms with Crippen LogP contribution in [0.5, 0.6) is 5.75 Å². The van der Waals surface area contributed by atoms with Crippen LogP contribution in [0, 0.1) is 0 Å². The molecule has 156 valence electrons. The molecule has 0 spiro atoms. The van der Waals surface area contributed by atoms with Crippen molar-refractivity contribution in [3.63, 3.8) is 0 Å². The van der Waals surface area contributed by atoms with E-state index in [-0.39, 0.29) is 11.9 Å². The van der Waals surface area contributed by atoms with Crippen molar-refractivity contribution in [2.45, 2.75) is 32.2 Å². The third kappa shape index (κ3) is 6.71. The highest BCUT2D eigenvalue weighted by molar-refractivity contribution is 5.80. The van der Waals surface area contributed by atoms with Crippen LogP contribution < -0.4 is 15.4 Å². The summed E-state index contributed by atoms with van der Waals surface area (Å²) in [5.41, 5.74) is 1.18. The molecule has 7 nitrogen and oxygen atoms in total. The number of methoxy groups -OCH3 is 1. The van der Waals surface area contributed by atoms with Gasteiger partial charge in [0.2, 0.25) is 5.91 Å². The second-order valence-corrected chi connectivity index (χ2v) is 7.24. The maximum Gasteiger partial charge on any atom is 0.222 e. The van der Waals surface area contributed by atoms with E-state index < -0.39 is 0 Å². The predicted octanol–water partition coefficient (Wildman–Crippen LogP) is 1.87. The summed E-state index contributed by atoms with van der Waals surface area (Å²) in [5, 5.41) is 6.69. The summed E-state index contributed by atoms with van der Waals surface area (Å²) in [6.45, 7) is 6.02. The molecule has 1 unspecified atom stereocenters. The van der Waals surface area contributed by atoms with Gasteiger partial charge in [-0.3, -0.25) is 9.79 Å². The number of hydrogen-bond acceptors (Lipinski definition) is 4. The Morgan fingerprint density at radius 2 is 2.18 bits per heavy atom. The minimum absolute atomic E-state index is 0.160. The minimum Gasteiger partial charge on any atom is -0.497 e. The molecular formula is C21H35N5O2. The number of guanidine groups is 1. The highest BCUT2D eigenvalue weighted by Gasteiger charge is 2.19. The van der Waals surface area contributed by atoms with Crippen molar-refractivity contribution >= 4 is 11.9 Å². The van der Waals surface area contributed by atoms with Crippen molar-refractivity contribution in [3.05, 3.63) is 29.8 Å². The maximum absolute atomic E-state index is 11.7. The Balaban J connectivity index is 1.91. The lowest BCUT2D eigenvalue weighted by Crippen LogP contribution is -2.39. The monoisotopic (exact) mass is 389 g/mol. The maximum atomic E-state index is 11.7. The zero-order chi connectivity index (χ0) is 20.4. The summed E-state index contributed by atoms with van der Waals surface area (Å²) in [6.07, 6.45) is 2.61. The van der Waals surface area contributed by atoms with Gasteiger partial charge in [0.15, 0.2) is 5.96 Å². The first-order chi connectivity index (χ1) is 13.5. The van der Waals surface area contributed by atoms with E-state index in [1.165, 1.54) is 5.56 Å². The van der Waals surface area contributed by atoms with E-state index in [9.17, 15) is 4.79 Å². The van der Waals surface area contributed by atoms with Crippen molar-refractivity contribution < 1.29 is 9.53 Å². The lowest BCUT2D eigenvalue weighted by molar-refractivity contribution is -0.127. The van der Waals surface area contributed by atoms with Crippen LogP contribution in [0.2, 0.25) is 0 Å². The van der Waals surface area contributed by atoms with E-state index in [0.29, 0.717) is 13.0 Å². The number of rotatable bonds is 10. The van der Waals surface area contributed by atoms with Gasteiger partial charge in [-0.15, -0.1) is 0 Å². The molecule has 1 fully saturated rings. The van der Waals surface area contributed by atoms with Crippen LogP contribution in [0.3, 0.4) is 0 Å². The van der Waals surface area contributed by atoms with Gasteiger partial charge in [0.05, 0.1) is 19.7 Å². The van der Waals surface area contributed by atoms with Crippen molar-refractivity contribution in [2.75, 3.05) is 53.9 Å². The summed E-state index contributed by atoms with van der Waals surface area (Å²) in [6, 6.07) is 8.30. The SMILES string of the molecule is CCNC(=NCC(c1cccc(OC)c1)N(C)C)NCCCN1CCCC1=O. The summed E-state index contributed by atoms with van der Waals surface area (Å²) in [4.78, 5) is 20.6. The van der Waals surface area contributed by atoms with Crippen molar-refractivity contribution in [2.24, 2.45) is 4.99 Å². The fraction of sp³-hybridized carbons (Fsp3) is 0.619. The number of hydrogen-bond donors (Lipinski definition) is 2. The molecule has 0 aliphatic carbocycles. The Hall–Kier alpha value is -2.28. The van der Waals surface area contributed by atoms with E-state index >= 15 is 0 Å². The van der Waals surface area contributed by atoms with Gasteiger partial charge < -0.3 is 25.2 Å². The highest BCUT2D eigenvalue weighted by Crippen LogP contribution is 2.22. The summed E-state index contributed by atoms with van der Waals surface area (Å²) < 4.78 is 5.36. The first-order valence-corrected chi connectivity index (χ1v) is 10.2. The first-order valence-electron chi connectivity index (χ1n) is 10.2. The van der Waals surface area contributed by atoms with Gasteiger partial charge in [0.1, 0.15) is 5.75 Å². The fourth-order valence-corrected chi connectivity index (χ4v) is 3.35. The third-order valence-corrected chi connectivity index (χ3v) is 4.94. The molecule has 7 heteroatoms. The number of benzene rings is 1. The zero-order valence-electron chi connectivity index (χ0n) is 17.7. The number of carbonyl (C=O) groups is 1. The van der Waals surface area contributed by atoms with E-state index in [2.05, 4.69) is 48.7 Å². The Kier molecular flexibility index (Phi) is 9.07. The van der Waals surface area contributed by atoms with Crippen molar-refractivity contribution in [3.8, 4) is 5.75 Å². The van der Waals surface area contributed by atoms with Crippen LogP contribution in [0.15, 0.2) is 29.3 Å². The highest BCUT2D eigenvalue weighted by atomic mass is 16.5. The summed E-state index contributed by atoms with van der Waals surface area (Å²) >= 11 is 0. The number of carbonyl (C=O) groups excluding carboxylic acids is 1. The quantitative estimate of drug-likeness (QED) is 0.363. The lowest BCUT2D eigenvalue weighted by Gasteiger charge is -2.24. The van der Waals surface area contributed by atoms with Gasteiger partial charge in [-0.2, -0.15) is 0 Å². The number of ether oxygens (including phenoxy) is 1. The van der Waals surface area contributed by atoms with Gasteiger partial charge in [-0.1, -0.05) is 12.1 Å². The molecule has 1 aromatic rings. The second-order valence-electron chi connectivity index (χ2n) is 7.24. The largest absolute Gasteiger partial charge is 0.497 e. The molecule has 1 aliphatic rings. The fourth-order valence-electron chi connectivity index (χ4n) is 3.35. The minimum atomic E-state index is 0.160. The number of nitrogens with zero attached hydrogens (tertiary/aromatic N) is 3. The molecule has 2 rings (SSSR count). The molecule has 1 heterocycles. The molecule has 2 N–H and O–H groups in total. The Labute approximate surface area is 169 Å². The second kappa shape index (κ2) is 11.5. The number of likely N-dealkylation sites (tertiary alicyclic amines) is 1. The van der Waals surface area contributed by atoms with Crippen LogP contribution in [0.4, 0.5) is 0 Å². The lowest BCUT2D eigenvalue weighted by atomic mass is 10.1. The molecule has 0 bridgehead atoms. The van der Waals surface area contributed by atoms with Crippen molar-refractivity contribution in [1.82, 2.24) is 20.4 Å². The first kappa shape index (κ1) is 22.0. The molecule has 1 aliphatic heterocycles. The van der Waals surface area contributed by atoms with Gasteiger partial charge in [0.25, 0.3) is 0 Å². The standard InChI is InChI=1S/C21H35N5O2/c1-5-22-21(23-12-8-14-26-13-7-11-20(26)27)24-16-19(25(2)3)17-9-6-10-18(15-17)28-4/h6,9-10,15,19H,5,7-8,11-14,16H2,1-4H3,(H2,22,23,24). The number of amides is 1. The normalized spacial score (nSPS) is 15.8. The van der Waals surface area contributed by atoms with Crippen molar-refractivity contribution in [1.29, 1.82) is 0 Å². The average Bonchev–Trinajstić information content (AvgIpc) is 3.10. The van der Waals surface area contributed by atoms with E-state index in [1.807, 2.05) is 17.0 Å². The molecule has 1 atom stereocenters. The van der Waals surface area contributed by atoms with E-state index in [4.69, 9.17) is 9.73 Å². The molecule has 1 amide bonds. The molecule has 1 aromatic carbocycles. The smallest absolute Gasteiger partial charge is 0.222 e. The number of likely N-dealkylation sites (N-methyl/N-ethyl adjacent to an activating group) is 1. The average molecular weight is 390 g/mol. The Morgan fingerprint density at radius 3 is 2.82 bits per heavy atom. The van der Waals surface area contributed by atoms with E-state index in [0.717, 1.165) is 50.7 Å². The topological polar surface area (TPSA) is 69.2 Å². The van der Waals surface area contributed by atoms with Crippen LogP contribution >= 0.6 is 0 Å². The predicted molar refractivity (Wildman–Crippen MR) is 114 cm³/mol. The molecule has 1 saturated heterocycles. The summed E-state index contributed by atoms with van der Waals surface area (Å²) in [5.74, 6) is 1.95. The number of aliphatic imine (C=N–C) groups is 1. The van der Waals surface area contributed by atoms with Gasteiger partial charge >= 0.3 is 0 Å². The van der Waals surface area contributed by atoms with Gasteiger partial charge in [-0.05, 0) is 51.6 Å². The molecule has 0 saturated carbocycles. The van der Waals surface area contributed by atoms with E-state index in [1.54, 1.807) is 7.11 Å². The van der Waals surface area contributed by atoms with Crippen LogP contribution in [0.25, 0.3) is 0 Å². The summed E-state index contributed by atoms with van der Waals surface area (Å²) in [7, 11) is 5.81. The zero-order valence-corrected chi connectivity index (χ0v) is 17.7. The van der Waals surface area contributed by atoms with Gasteiger partial charge in [0, 0.05) is 32.6 Å². The van der Waals surface area contributed by atoms with Crippen LogP contribution in [-0.4, -0.2) is 75.6 Å². The third-order valence-electron chi connectivity index (χ3n) is 4.94. The number of nitrogens with one attached hydrogen (secondary N) is 2. The van der Waals surface area contributed by atoms with Crippen LogP contribution in [-0.2, 0) is 4.79 Å². The Morgan fingerprint density at radius 1 is 1.36 bits per heavy atom. The van der Waals surface area contributed by atoms with Crippen LogP contribution in [0.1, 0.15) is 37.8 Å². The molecule has 0 radical (unpaired) electrons. The Bertz CT molecular complexity index is 647. The molecular weight excluding hydrogens is 354 g/mol. The van der Waals surface area contributed by atoms with Gasteiger partial charge in [-0.25, -0.2) is 0 Å². The molecule has 0 aromatic heterocycles. The molecule has 28 heavy (non-hydrogen) atoms.